The van der Waals surface area contributed by atoms with Crippen molar-refractivity contribution in [3.05, 3.63) is 22.9 Å². The van der Waals surface area contributed by atoms with Crippen LogP contribution >= 0.6 is 11.6 Å². The molecule has 19 heavy (non-hydrogen) atoms. The molecule has 0 aliphatic carbocycles. The smallest absolute Gasteiger partial charge is 0.0510 e. The van der Waals surface area contributed by atoms with Crippen molar-refractivity contribution in [2.75, 3.05) is 13.1 Å². The van der Waals surface area contributed by atoms with Gasteiger partial charge in [0.2, 0.25) is 0 Å². The highest BCUT2D eigenvalue weighted by Gasteiger charge is 2.21. The van der Waals surface area contributed by atoms with Gasteiger partial charge in [-0.25, -0.2) is 0 Å². The van der Waals surface area contributed by atoms with Crippen LogP contribution in [0.5, 0.6) is 0 Å². The first-order valence-electron chi connectivity index (χ1n) is 7.88. The average molecular weight is 284 g/mol. The Labute approximate surface area is 124 Å². The van der Waals surface area contributed by atoms with Crippen molar-refractivity contribution < 1.29 is 0 Å². The van der Waals surface area contributed by atoms with Crippen LogP contribution in [0, 0.1) is 11.8 Å². The molecule has 0 N–H and O–H groups in total. The summed E-state index contributed by atoms with van der Waals surface area (Å²) in [5, 5.41) is 1.01. The summed E-state index contributed by atoms with van der Waals surface area (Å²) < 4.78 is 0. The highest BCUT2D eigenvalue weighted by molar-refractivity contribution is 6.30. The molecule has 0 unspecified atom stereocenters. The summed E-state index contributed by atoms with van der Waals surface area (Å²) in [5.74, 6) is 1.74. The number of halogens is 1. The van der Waals surface area contributed by atoms with Crippen molar-refractivity contribution in [3.8, 4) is 0 Å². The van der Waals surface area contributed by atoms with Crippen molar-refractivity contribution in [3.63, 3.8) is 0 Å². The molecule has 0 aromatic heterocycles. The van der Waals surface area contributed by atoms with E-state index in [4.69, 9.17) is 11.6 Å². The maximum Gasteiger partial charge on any atom is 0.0510 e. The molecule has 1 rings (SSSR count). The largest absolute Gasteiger partial charge is 0.371 e. The third kappa shape index (κ3) is 5.60. The van der Waals surface area contributed by atoms with E-state index in [0.717, 1.165) is 42.8 Å². The van der Waals surface area contributed by atoms with E-state index in [-0.39, 0.29) is 0 Å². The van der Waals surface area contributed by atoms with Crippen LogP contribution in [0.3, 0.4) is 0 Å². The quantitative estimate of drug-likeness (QED) is 0.576. The molecule has 1 heterocycles. The van der Waals surface area contributed by atoms with E-state index < -0.39 is 0 Å². The van der Waals surface area contributed by atoms with Crippen LogP contribution < -0.4 is 0 Å². The summed E-state index contributed by atoms with van der Waals surface area (Å²) in [6, 6.07) is 0. The Morgan fingerprint density at radius 3 is 2.37 bits per heavy atom. The van der Waals surface area contributed by atoms with E-state index in [1.165, 1.54) is 25.0 Å². The summed E-state index contributed by atoms with van der Waals surface area (Å²) in [5.41, 5.74) is 1.26. The van der Waals surface area contributed by atoms with Gasteiger partial charge in [0.05, 0.1) is 5.70 Å². The third-order valence-electron chi connectivity index (χ3n) is 3.86. The van der Waals surface area contributed by atoms with Gasteiger partial charge in [0.25, 0.3) is 0 Å². The lowest BCUT2D eigenvalue weighted by Crippen LogP contribution is -2.33. The highest BCUT2D eigenvalue weighted by Crippen LogP contribution is 2.28. The fourth-order valence-corrected chi connectivity index (χ4v) is 3.04. The second kappa shape index (κ2) is 8.68. The monoisotopic (exact) mass is 283 g/mol. The molecule has 1 saturated heterocycles. The maximum absolute atomic E-state index is 6.41. The van der Waals surface area contributed by atoms with E-state index in [9.17, 15) is 0 Å². The second-order valence-electron chi connectivity index (χ2n) is 6.01. The molecule has 0 amide bonds. The molecule has 1 aliphatic rings. The summed E-state index contributed by atoms with van der Waals surface area (Å²) in [7, 11) is 0. The van der Waals surface area contributed by atoms with Crippen molar-refractivity contribution in [2.24, 2.45) is 11.8 Å². The summed E-state index contributed by atoms with van der Waals surface area (Å²) in [6.45, 7) is 11.3. The maximum atomic E-state index is 6.41. The van der Waals surface area contributed by atoms with Crippen molar-refractivity contribution >= 4 is 11.6 Å². The Morgan fingerprint density at radius 2 is 1.89 bits per heavy atom. The first kappa shape index (κ1) is 16.6. The lowest BCUT2D eigenvalue weighted by atomic mass is 9.88. The Morgan fingerprint density at radius 1 is 1.26 bits per heavy atom. The molecule has 0 radical (unpaired) electrons. The first-order chi connectivity index (χ1) is 9.08. The number of hydrogen-bond acceptors (Lipinski definition) is 1. The predicted octanol–water partition coefficient (Wildman–Crippen LogP) is 5.57. The Balaban J connectivity index is 2.62. The number of likely N-dealkylation sites (tertiary alicyclic amines) is 1. The number of piperidine rings is 1. The zero-order valence-corrected chi connectivity index (χ0v) is 13.8. The van der Waals surface area contributed by atoms with Crippen molar-refractivity contribution in [1.82, 2.24) is 4.90 Å². The standard InChI is InChI=1S/C17H30ClN/c1-5-7-8-17(16(18)6-2)19-11-9-15(10-12-19)13-14(3)4/h7-8,14-15H,5-6,9-13H2,1-4H3/b8-7-,17-16-. The molecule has 1 aliphatic heterocycles. The number of nitrogens with zero attached hydrogens (tertiary/aromatic N) is 1. The molecule has 0 atom stereocenters. The average Bonchev–Trinajstić information content (AvgIpc) is 2.40. The minimum Gasteiger partial charge on any atom is -0.371 e. The van der Waals surface area contributed by atoms with Crippen LogP contribution in [0.15, 0.2) is 22.9 Å². The summed E-state index contributed by atoms with van der Waals surface area (Å²) >= 11 is 6.41. The van der Waals surface area contributed by atoms with E-state index in [0.29, 0.717) is 0 Å². The molecule has 0 aromatic carbocycles. The van der Waals surface area contributed by atoms with Gasteiger partial charge in [-0.1, -0.05) is 45.4 Å². The molecule has 1 nitrogen and oxygen atoms in total. The molecular weight excluding hydrogens is 254 g/mol. The van der Waals surface area contributed by atoms with Gasteiger partial charge in [0, 0.05) is 18.1 Å². The molecule has 1 fully saturated rings. The van der Waals surface area contributed by atoms with Gasteiger partial charge in [-0.15, -0.1) is 0 Å². The van der Waals surface area contributed by atoms with Gasteiger partial charge in [0.15, 0.2) is 0 Å². The van der Waals surface area contributed by atoms with Crippen LogP contribution in [-0.4, -0.2) is 18.0 Å². The Bertz CT molecular complexity index is 309. The first-order valence-corrected chi connectivity index (χ1v) is 8.26. The Hall–Kier alpha value is -0.430. The molecular formula is C17H30ClN. The van der Waals surface area contributed by atoms with Gasteiger partial charge >= 0.3 is 0 Å². The second-order valence-corrected chi connectivity index (χ2v) is 6.47. The topological polar surface area (TPSA) is 3.24 Å². The minimum absolute atomic E-state index is 0.825. The fourth-order valence-electron chi connectivity index (χ4n) is 2.85. The zero-order valence-electron chi connectivity index (χ0n) is 13.1. The van der Waals surface area contributed by atoms with Gasteiger partial charge in [0.1, 0.15) is 0 Å². The number of hydrogen-bond donors (Lipinski definition) is 0. The van der Waals surface area contributed by atoms with E-state index in [1.807, 2.05) is 0 Å². The van der Waals surface area contributed by atoms with Crippen molar-refractivity contribution in [2.45, 2.75) is 59.8 Å². The van der Waals surface area contributed by atoms with E-state index in [1.54, 1.807) is 0 Å². The van der Waals surface area contributed by atoms with E-state index in [2.05, 4.69) is 44.7 Å². The predicted molar refractivity (Wildman–Crippen MR) is 86.4 cm³/mol. The van der Waals surface area contributed by atoms with Crippen LogP contribution in [0.2, 0.25) is 0 Å². The molecule has 2 heteroatoms. The highest BCUT2D eigenvalue weighted by atomic mass is 35.5. The SMILES string of the molecule is CC/C=C\C(=C(\Cl)CC)N1CCC(CC(C)C)CC1. The zero-order chi connectivity index (χ0) is 14.3. The lowest BCUT2D eigenvalue weighted by Gasteiger charge is -2.35. The number of allylic oxidation sites excluding steroid dienone is 3. The molecule has 0 spiro atoms. The summed E-state index contributed by atoms with van der Waals surface area (Å²) in [6.07, 6.45) is 10.4. The van der Waals surface area contributed by atoms with Crippen LogP contribution in [0.1, 0.15) is 59.8 Å². The van der Waals surface area contributed by atoms with Crippen molar-refractivity contribution in [1.29, 1.82) is 0 Å². The molecule has 0 saturated carbocycles. The number of rotatable bonds is 6. The normalized spacial score (nSPS) is 19.4. The minimum atomic E-state index is 0.825. The third-order valence-corrected chi connectivity index (χ3v) is 4.32. The molecule has 0 aromatic rings. The molecule has 0 bridgehead atoms. The van der Waals surface area contributed by atoms with Gasteiger partial charge in [-0.3, -0.25) is 0 Å². The van der Waals surface area contributed by atoms with Gasteiger partial charge < -0.3 is 4.90 Å². The lowest BCUT2D eigenvalue weighted by molar-refractivity contribution is 0.210. The van der Waals surface area contributed by atoms with Crippen LogP contribution in [0.25, 0.3) is 0 Å². The van der Waals surface area contributed by atoms with Gasteiger partial charge in [-0.2, -0.15) is 0 Å². The van der Waals surface area contributed by atoms with Crippen LogP contribution in [0.4, 0.5) is 0 Å². The van der Waals surface area contributed by atoms with Gasteiger partial charge in [-0.05, 0) is 50.0 Å². The Kier molecular flexibility index (Phi) is 7.60. The molecule has 110 valence electrons. The van der Waals surface area contributed by atoms with E-state index >= 15 is 0 Å². The van der Waals surface area contributed by atoms with Crippen LogP contribution in [-0.2, 0) is 0 Å². The fraction of sp³-hybridized carbons (Fsp3) is 0.765. The summed E-state index contributed by atoms with van der Waals surface area (Å²) in [4.78, 5) is 2.48.